The summed E-state index contributed by atoms with van der Waals surface area (Å²) in [6, 6.07) is 10.1. The van der Waals surface area contributed by atoms with E-state index in [9.17, 15) is 9.90 Å². The Kier molecular flexibility index (Phi) is 6.36. The van der Waals surface area contributed by atoms with Crippen LogP contribution in [0.15, 0.2) is 30.3 Å². The van der Waals surface area contributed by atoms with Crippen molar-refractivity contribution in [2.24, 2.45) is 0 Å². The van der Waals surface area contributed by atoms with E-state index in [0.717, 1.165) is 19.5 Å². The molecule has 2 rings (SSSR count). The molecule has 0 bridgehead atoms. The van der Waals surface area contributed by atoms with Gasteiger partial charge in [0.05, 0.1) is 12.1 Å². The van der Waals surface area contributed by atoms with E-state index in [1.54, 1.807) is 0 Å². The summed E-state index contributed by atoms with van der Waals surface area (Å²) in [6.07, 6.45) is 0.326. The van der Waals surface area contributed by atoms with Crippen molar-refractivity contribution in [1.29, 1.82) is 0 Å². The highest BCUT2D eigenvalue weighted by molar-refractivity contribution is 5.82. The number of piperazine rings is 1. The average molecular weight is 305 g/mol. The first-order chi connectivity index (χ1) is 10.6. The molecule has 1 aromatic rings. The summed E-state index contributed by atoms with van der Waals surface area (Å²) in [4.78, 5) is 16.0. The van der Waals surface area contributed by atoms with Crippen LogP contribution in [-0.2, 0) is 11.3 Å². The monoisotopic (exact) mass is 305 g/mol. The Morgan fingerprint density at radius 3 is 2.82 bits per heavy atom. The normalized spacial score (nSPS) is 20.9. The van der Waals surface area contributed by atoms with Crippen molar-refractivity contribution in [3.05, 3.63) is 35.9 Å². The number of carbonyl (C=O) groups is 1. The Bertz CT molecular complexity index is 466. The molecule has 122 valence electrons. The van der Waals surface area contributed by atoms with Gasteiger partial charge in [-0.2, -0.15) is 0 Å². The van der Waals surface area contributed by atoms with Gasteiger partial charge in [0, 0.05) is 32.7 Å². The molecule has 22 heavy (non-hydrogen) atoms. The van der Waals surface area contributed by atoms with Gasteiger partial charge >= 0.3 is 0 Å². The Morgan fingerprint density at radius 1 is 1.41 bits per heavy atom. The topological polar surface area (TPSA) is 55.8 Å². The second-order valence-corrected chi connectivity index (χ2v) is 6.05. The molecule has 2 unspecified atom stereocenters. The second-order valence-electron chi connectivity index (χ2n) is 6.05. The number of aliphatic hydroxyl groups is 1. The molecular weight excluding hydrogens is 278 g/mol. The Labute approximate surface area is 132 Å². The SMILES string of the molecule is CCC1C(=O)NCCN1CC(O)CN(C)Cc1ccccc1. The van der Waals surface area contributed by atoms with Gasteiger partial charge in [-0.25, -0.2) is 0 Å². The lowest BCUT2D eigenvalue weighted by molar-refractivity contribution is -0.129. The summed E-state index contributed by atoms with van der Waals surface area (Å²) in [6.45, 7) is 5.45. The van der Waals surface area contributed by atoms with Gasteiger partial charge in [-0.15, -0.1) is 0 Å². The minimum Gasteiger partial charge on any atom is -0.390 e. The highest BCUT2D eigenvalue weighted by Gasteiger charge is 2.29. The summed E-state index contributed by atoms with van der Waals surface area (Å²) < 4.78 is 0. The lowest BCUT2D eigenvalue weighted by Crippen LogP contribution is -2.57. The van der Waals surface area contributed by atoms with E-state index in [1.165, 1.54) is 5.56 Å². The molecule has 2 atom stereocenters. The Balaban J connectivity index is 1.81. The Hall–Kier alpha value is -1.43. The molecule has 2 N–H and O–H groups in total. The number of likely N-dealkylation sites (N-methyl/N-ethyl adjacent to an activating group) is 1. The second kappa shape index (κ2) is 8.27. The van der Waals surface area contributed by atoms with E-state index in [-0.39, 0.29) is 11.9 Å². The number of nitrogens with one attached hydrogen (secondary N) is 1. The summed E-state index contributed by atoms with van der Waals surface area (Å²) in [5, 5.41) is 13.2. The van der Waals surface area contributed by atoms with Gasteiger partial charge in [0.2, 0.25) is 5.91 Å². The standard InChI is InChI=1S/C17H27N3O2/c1-3-16-17(22)18-9-10-20(16)13-15(21)12-19(2)11-14-7-5-4-6-8-14/h4-8,15-16,21H,3,9-13H2,1-2H3,(H,18,22). The van der Waals surface area contributed by atoms with Crippen LogP contribution >= 0.6 is 0 Å². The molecule has 1 aliphatic rings. The third-order valence-electron chi connectivity index (χ3n) is 4.09. The molecule has 1 fully saturated rings. The van der Waals surface area contributed by atoms with Crippen LogP contribution in [0.25, 0.3) is 0 Å². The average Bonchev–Trinajstić information content (AvgIpc) is 2.48. The summed E-state index contributed by atoms with van der Waals surface area (Å²) >= 11 is 0. The van der Waals surface area contributed by atoms with E-state index >= 15 is 0 Å². The minimum absolute atomic E-state index is 0.0820. The zero-order valence-electron chi connectivity index (χ0n) is 13.5. The number of rotatable bonds is 7. The van der Waals surface area contributed by atoms with Gasteiger partial charge in [-0.05, 0) is 19.0 Å². The van der Waals surface area contributed by atoms with E-state index in [1.807, 2.05) is 32.2 Å². The van der Waals surface area contributed by atoms with Crippen LogP contribution in [0.1, 0.15) is 18.9 Å². The number of nitrogens with zero attached hydrogens (tertiary/aromatic N) is 2. The first kappa shape index (κ1) is 16.9. The molecule has 1 heterocycles. The fraction of sp³-hybridized carbons (Fsp3) is 0.588. The van der Waals surface area contributed by atoms with E-state index in [4.69, 9.17) is 0 Å². The van der Waals surface area contributed by atoms with Crippen LogP contribution in [0, 0.1) is 0 Å². The van der Waals surface area contributed by atoms with Crippen molar-refractivity contribution in [3.63, 3.8) is 0 Å². The van der Waals surface area contributed by atoms with Crippen LogP contribution < -0.4 is 5.32 Å². The van der Waals surface area contributed by atoms with Gasteiger partial charge in [-0.3, -0.25) is 14.6 Å². The van der Waals surface area contributed by atoms with Crippen molar-refractivity contribution in [3.8, 4) is 0 Å². The lowest BCUT2D eigenvalue weighted by Gasteiger charge is -2.36. The number of benzene rings is 1. The molecular formula is C17H27N3O2. The zero-order chi connectivity index (χ0) is 15.9. The van der Waals surface area contributed by atoms with Gasteiger partial charge in [0.15, 0.2) is 0 Å². The largest absolute Gasteiger partial charge is 0.390 e. The zero-order valence-corrected chi connectivity index (χ0v) is 13.5. The number of carbonyl (C=O) groups excluding carboxylic acids is 1. The van der Waals surface area contributed by atoms with E-state index in [2.05, 4.69) is 27.2 Å². The third-order valence-corrected chi connectivity index (χ3v) is 4.09. The van der Waals surface area contributed by atoms with Crippen molar-refractivity contribution >= 4 is 5.91 Å². The van der Waals surface area contributed by atoms with Gasteiger partial charge in [-0.1, -0.05) is 37.3 Å². The maximum Gasteiger partial charge on any atom is 0.237 e. The smallest absolute Gasteiger partial charge is 0.237 e. The van der Waals surface area contributed by atoms with Gasteiger partial charge < -0.3 is 10.4 Å². The molecule has 1 saturated heterocycles. The Morgan fingerprint density at radius 2 is 2.14 bits per heavy atom. The number of hydrogen-bond acceptors (Lipinski definition) is 4. The number of aliphatic hydroxyl groups excluding tert-OH is 1. The molecule has 0 spiro atoms. The predicted molar refractivity (Wildman–Crippen MR) is 87.4 cm³/mol. The molecule has 1 amide bonds. The van der Waals surface area contributed by atoms with Crippen molar-refractivity contribution in [2.75, 3.05) is 33.2 Å². The van der Waals surface area contributed by atoms with Crippen molar-refractivity contribution < 1.29 is 9.90 Å². The molecule has 0 aromatic heterocycles. The van der Waals surface area contributed by atoms with E-state index < -0.39 is 6.10 Å². The number of hydrogen-bond donors (Lipinski definition) is 2. The van der Waals surface area contributed by atoms with Gasteiger partial charge in [0.25, 0.3) is 0 Å². The first-order valence-corrected chi connectivity index (χ1v) is 8.02. The maximum absolute atomic E-state index is 11.8. The molecule has 5 heteroatoms. The highest BCUT2D eigenvalue weighted by atomic mass is 16.3. The summed E-state index contributed by atoms with van der Waals surface area (Å²) in [5.74, 6) is 0.0820. The number of amides is 1. The highest BCUT2D eigenvalue weighted by Crippen LogP contribution is 2.10. The lowest BCUT2D eigenvalue weighted by atomic mass is 10.1. The maximum atomic E-state index is 11.8. The van der Waals surface area contributed by atoms with Crippen LogP contribution in [-0.4, -0.2) is 66.2 Å². The van der Waals surface area contributed by atoms with Crippen LogP contribution in [0.3, 0.4) is 0 Å². The van der Waals surface area contributed by atoms with Crippen molar-refractivity contribution in [1.82, 2.24) is 15.1 Å². The summed E-state index contributed by atoms with van der Waals surface area (Å²) in [7, 11) is 2.01. The number of β-amino-alcohol motifs (C(OH)–C–C–N with tert-alkyl or cyclic N) is 1. The van der Waals surface area contributed by atoms with Crippen LogP contribution in [0.4, 0.5) is 0 Å². The summed E-state index contributed by atoms with van der Waals surface area (Å²) in [5.41, 5.74) is 1.24. The molecule has 0 radical (unpaired) electrons. The fourth-order valence-corrected chi connectivity index (χ4v) is 3.07. The molecule has 1 aromatic carbocycles. The molecule has 5 nitrogen and oxygen atoms in total. The minimum atomic E-state index is -0.450. The molecule has 0 aliphatic carbocycles. The van der Waals surface area contributed by atoms with E-state index in [0.29, 0.717) is 19.6 Å². The molecule has 0 saturated carbocycles. The fourth-order valence-electron chi connectivity index (χ4n) is 3.07. The first-order valence-electron chi connectivity index (χ1n) is 8.02. The van der Waals surface area contributed by atoms with Crippen LogP contribution in [0.2, 0.25) is 0 Å². The predicted octanol–water partition coefficient (Wildman–Crippen LogP) is 0.690. The van der Waals surface area contributed by atoms with Gasteiger partial charge in [0.1, 0.15) is 0 Å². The van der Waals surface area contributed by atoms with Crippen molar-refractivity contribution in [2.45, 2.75) is 32.0 Å². The quantitative estimate of drug-likeness (QED) is 0.778. The van der Waals surface area contributed by atoms with Crippen LogP contribution in [0.5, 0.6) is 0 Å². The molecule has 1 aliphatic heterocycles. The third kappa shape index (κ3) is 4.80.